The Bertz CT molecular complexity index is 1660. The van der Waals surface area contributed by atoms with Gasteiger partial charge in [-0.3, -0.25) is 4.90 Å². The van der Waals surface area contributed by atoms with Crippen molar-refractivity contribution >= 4 is 16.1 Å². The first-order chi connectivity index (χ1) is 23.6. The average Bonchev–Trinajstić information content (AvgIpc) is 3.91. The van der Waals surface area contributed by atoms with Crippen molar-refractivity contribution in [2.24, 2.45) is 11.8 Å². The number of ether oxygens (including phenoxy) is 7. The van der Waals surface area contributed by atoms with E-state index in [1.165, 1.54) is 10.4 Å². The number of carbonyl (C=O) groups excluding carboxylic acids is 1. The zero-order valence-electron chi connectivity index (χ0n) is 27.8. The zero-order chi connectivity index (χ0) is 34.2. The van der Waals surface area contributed by atoms with E-state index in [-0.39, 0.29) is 49.6 Å². The Kier molecular flexibility index (Phi) is 9.64. The highest BCUT2D eigenvalue weighted by atomic mass is 32.2. The molecule has 0 unspecified atom stereocenters. The molecule has 0 bridgehead atoms. The van der Waals surface area contributed by atoms with Crippen LogP contribution in [0.3, 0.4) is 0 Å². The first-order valence-electron chi connectivity index (χ1n) is 17.0. The molecule has 2 aromatic carbocycles. The maximum atomic E-state index is 14.4. The maximum Gasteiger partial charge on any atom is 0.412 e. The molecule has 49 heavy (non-hydrogen) atoms. The predicted molar refractivity (Wildman–Crippen MR) is 173 cm³/mol. The van der Waals surface area contributed by atoms with Gasteiger partial charge in [0.1, 0.15) is 23.6 Å². The molecule has 1 saturated carbocycles. The Balaban J connectivity index is 1.19. The number of carbonyl (C=O) groups is 1. The highest BCUT2D eigenvalue weighted by Crippen LogP contribution is 2.40. The van der Waals surface area contributed by atoms with Crippen LogP contribution in [0.4, 0.5) is 4.79 Å². The number of benzene rings is 2. The molecule has 4 aliphatic heterocycles. The number of rotatable bonds is 11. The second kappa shape index (κ2) is 14.0. The molecule has 5 atom stereocenters. The lowest BCUT2D eigenvalue weighted by molar-refractivity contribution is -0.0911. The van der Waals surface area contributed by atoms with Gasteiger partial charge in [-0.15, -0.1) is 0 Å². The lowest BCUT2D eigenvalue weighted by Crippen LogP contribution is -2.51. The van der Waals surface area contributed by atoms with E-state index < -0.39 is 40.1 Å². The van der Waals surface area contributed by atoms with Crippen LogP contribution in [0.25, 0.3) is 0 Å². The number of sulfonamides is 1. The molecule has 0 spiro atoms. The molecule has 0 aromatic heterocycles. The van der Waals surface area contributed by atoms with Crippen LogP contribution in [-0.2, 0) is 35.4 Å². The van der Waals surface area contributed by atoms with E-state index >= 15 is 0 Å². The number of hydrogen-bond donors (Lipinski definition) is 0. The summed E-state index contributed by atoms with van der Waals surface area (Å²) in [6.45, 7) is 4.74. The van der Waals surface area contributed by atoms with Gasteiger partial charge in [-0.25, -0.2) is 13.2 Å². The van der Waals surface area contributed by atoms with Crippen molar-refractivity contribution in [3.05, 3.63) is 48.0 Å². The molecule has 1 amide bonds. The quantitative estimate of drug-likeness (QED) is 0.328. The number of nitriles is 1. The van der Waals surface area contributed by atoms with Gasteiger partial charge in [-0.05, 0) is 75.3 Å². The third-order valence-corrected chi connectivity index (χ3v) is 12.0. The van der Waals surface area contributed by atoms with Gasteiger partial charge in [-0.2, -0.15) is 9.57 Å². The Hall–Kier alpha value is -3.61. The van der Waals surface area contributed by atoms with Gasteiger partial charge >= 0.3 is 6.09 Å². The minimum Gasteiger partial charge on any atom is -0.479 e. The van der Waals surface area contributed by atoms with Crippen LogP contribution >= 0.6 is 0 Å². The van der Waals surface area contributed by atoms with E-state index in [0.29, 0.717) is 36.8 Å². The summed E-state index contributed by atoms with van der Waals surface area (Å²) in [5.41, 5.74) is -0.234. The van der Waals surface area contributed by atoms with Crippen molar-refractivity contribution < 1.29 is 46.4 Å². The third kappa shape index (κ3) is 7.05. The molecule has 0 radical (unpaired) electrons. The largest absolute Gasteiger partial charge is 0.479 e. The number of amides is 1. The number of fused-ring (bicyclic) bond motifs is 2. The van der Waals surface area contributed by atoms with Crippen molar-refractivity contribution in [1.29, 1.82) is 5.26 Å². The number of nitrogens with zero attached hydrogens (tertiary/aromatic N) is 3. The van der Waals surface area contributed by atoms with Crippen molar-refractivity contribution in [3.63, 3.8) is 0 Å². The van der Waals surface area contributed by atoms with Crippen molar-refractivity contribution in [1.82, 2.24) is 9.21 Å². The smallest absolute Gasteiger partial charge is 0.412 e. The van der Waals surface area contributed by atoms with E-state index in [9.17, 15) is 13.2 Å². The summed E-state index contributed by atoms with van der Waals surface area (Å²) in [7, 11) is -4.00. The van der Waals surface area contributed by atoms with E-state index in [2.05, 4.69) is 0 Å². The predicted octanol–water partition coefficient (Wildman–Crippen LogP) is 4.44. The highest BCUT2D eigenvalue weighted by molar-refractivity contribution is 7.89. The summed E-state index contributed by atoms with van der Waals surface area (Å²) >= 11 is 0. The first-order valence-corrected chi connectivity index (χ1v) is 18.5. The van der Waals surface area contributed by atoms with Crippen LogP contribution in [0.15, 0.2) is 47.4 Å². The lowest BCUT2D eigenvalue weighted by Gasteiger charge is -2.34. The lowest BCUT2D eigenvalue weighted by atomic mass is 9.99. The van der Waals surface area contributed by atoms with Crippen LogP contribution in [0.2, 0.25) is 0 Å². The van der Waals surface area contributed by atoms with Gasteiger partial charge < -0.3 is 33.2 Å². The van der Waals surface area contributed by atoms with Crippen molar-refractivity contribution in [3.8, 4) is 23.3 Å². The summed E-state index contributed by atoms with van der Waals surface area (Å²) in [5, 5.41) is 8.90. The summed E-state index contributed by atoms with van der Waals surface area (Å²) in [6, 6.07) is 13.4. The topological polar surface area (TPSA) is 146 Å². The second-order valence-electron chi connectivity index (χ2n) is 13.8. The monoisotopic (exact) mass is 697 g/mol. The fraction of sp³-hybridized carbons (Fsp3) is 0.600. The van der Waals surface area contributed by atoms with Gasteiger partial charge in [0.05, 0.1) is 36.2 Å². The van der Waals surface area contributed by atoms with E-state index in [4.69, 9.17) is 38.4 Å². The minimum atomic E-state index is -4.00. The van der Waals surface area contributed by atoms with Gasteiger partial charge in [0.25, 0.3) is 0 Å². The van der Waals surface area contributed by atoms with E-state index in [1.54, 1.807) is 43.0 Å². The normalized spacial score (nSPS) is 27.4. The fourth-order valence-corrected chi connectivity index (χ4v) is 9.30. The molecule has 14 heteroatoms. The Morgan fingerprint density at radius 2 is 1.82 bits per heavy atom. The Morgan fingerprint density at radius 1 is 1.04 bits per heavy atom. The molecule has 4 fully saturated rings. The molecule has 4 heterocycles. The summed E-state index contributed by atoms with van der Waals surface area (Å²) in [4.78, 5) is 15.9. The van der Waals surface area contributed by atoms with Gasteiger partial charge in [-0.1, -0.05) is 25.0 Å². The van der Waals surface area contributed by atoms with E-state index in [0.717, 1.165) is 37.7 Å². The molecular formula is C35H43N3O10S. The Labute approximate surface area is 286 Å². The van der Waals surface area contributed by atoms with Crippen molar-refractivity contribution in [2.75, 3.05) is 39.7 Å². The fourth-order valence-electron chi connectivity index (χ4n) is 7.76. The van der Waals surface area contributed by atoms with Crippen molar-refractivity contribution in [2.45, 2.75) is 87.5 Å². The molecule has 5 aliphatic rings. The molecule has 2 aromatic rings. The van der Waals surface area contributed by atoms with Gasteiger partial charge in [0.2, 0.25) is 16.8 Å². The van der Waals surface area contributed by atoms with E-state index in [1.807, 2.05) is 18.2 Å². The molecule has 1 aliphatic carbocycles. The second-order valence-corrected chi connectivity index (χ2v) is 15.7. The van der Waals surface area contributed by atoms with Crippen LogP contribution in [0.1, 0.15) is 51.5 Å². The molecule has 0 N–H and O–H groups in total. The van der Waals surface area contributed by atoms with Crippen LogP contribution in [0.5, 0.6) is 17.2 Å². The highest BCUT2D eigenvalue weighted by Gasteiger charge is 2.53. The molecule has 264 valence electrons. The average molecular weight is 698 g/mol. The first kappa shape index (κ1) is 33.9. The van der Waals surface area contributed by atoms with Gasteiger partial charge in [0, 0.05) is 19.2 Å². The molecule has 3 saturated heterocycles. The molecule has 13 nitrogen and oxygen atoms in total. The molecule has 7 rings (SSSR count). The maximum absolute atomic E-state index is 14.4. The van der Waals surface area contributed by atoms with Crippen LogP contribution in [0, 0.1) is 23.2 Å². The molecular weight excluding hydrogens is 654 g/mol. The SMILES string of the molecule is CC1(C)O[C@H](CN(CC2CCCC2)S(=O)(=O)c2ccc3c(c2)OCO3)[C@H](Cc2ccc(OCC#N)cc2)N1C(=O)O[C@H]1CO[C@H]2OCC[C@H]21. The van der Waals surface area contributed by atoms with Gasteiger partial charge in [0.15, 0.2) is 24.4 Å². The van der Waals surface area contributed by atoms with Crippen LogP contribution < -0.4 is 14.2 Å². The number of hydrogen-bond acceptors (Lipinski definition) is 11. The summed E-state index contributed by atoms with van der Waals surface area (Å²) < 4.78 is 70.9. The summed E-state index contributed by atoms with van der Waals surface area (Å²) in [5.74, 6) is 1.61. The summed E-state index contributed by atoms with van der Waals surface area (Å²) in [6.07, 6.45) is 3.03. The zero-order valence-corrected chi connectivity index (χ0v) is 28.6. The third-order valence-electron chi connectivity index (χ3n) is 10.2. The minimum absolute atomic E-state index is 0.0274. The standard InChI is InChI=1S/C35H43N3O10S/c1-35(2)38(34(39)47-32-21-44-33-27(32)13-15-43-33)28(17-23-7-9-25(10-8-23)42-16-14-36)31(48-35)20-37(19-24-5-3-4-6-24)49(40,41)26-11-12-29-30(18-26)46-22-45-29/h7-12,18,24,27-28,31-33H,3-6,13,15-17,19-22H2,1-2H3/t27-,28-,31+,32-,33+/m0/s1. The van der Waals surface area contributed by atoms with Crippen LogP contribution in [-0.4, -0.2) is 93.7 Å². The Morgan fingerprint density at radius 3 is 2.59 bits per heavy atom.